The van der Waals surface area contributed by atoms with Crippen LogP contribution < -0.4 is 15.4 Å². The number of carbonyl (C=O) groups excluding carboxylic acids is 2. The molecule has 0 fully saturated rings. The third-order valence-electron chi connectivity index (χ3n) is 4.45. The van der Waals surface area contributed by atoms with Gasteiger partial charge in [0.25, 0.3) is 17.6 Å². The number of amides is 2. The van der Waals surface area contributed by atoms with Gasteiger partial charge in [-0.1, -0.05) is 0 Å². The smallest absolute Gasteiger partial charge is 0.297 e. The summed E-state index contributed by atoms with van der Waals surface area (Å²) in [5.74, 6) is 0.326. The first-order chi connectivity index (χ1) is 14.5. The minimum atomic E-state index is -0.468. The number of benzene rings is 1. The van der Waals surface area contributed by atoms with Crippen LogP contribution in [0, 0.1) is 13.8 Å². The second-order valence-electron chi connectivity index (χ2n) is 6.73. The maximum atomic E-state index is 12.6. The number of ether oxygens (including phenoxy) is 1. The Morgan fingerprint density at radius 2 is 2.10 bits per heavy atom. The van der Waals surface area contributed by atoms with Gasteiger partial charge in [-0.25, -0.2) is 14.5 Å². The van der Waals surface area contributed by atoms with Gasteiger partial charge in [-0.05, 0) is 38.1 Å². The minimum Gasteiger partial charge on any atom is -0.482 e. The minimum absolute atomic E-state index is 0.00490. The van der Waals surface area contributed by atoms with Crippen molar-refractivity contribution in [3.8, 4) is 17.0 Å². The number of nitrogens with zero attached hydrogens (tertiary/aromatic N) is 5. The number of rotatable bonds is 3. The zero-order valence-electron chi connectivity index (χ0n) is 16.0. The lowest BCUT2D eigenvalue weighted by Gasteiger charge is -2.18. The number of thiazole rings is 1. The van der Waals surface area contributed by atoms with Crippen LogP contribution in [0.2, 0.25) is 0 Å². The fourth-order valence-corrected chi connectivity index (χ4v) is 3.84. The van der Waals surface area contributed by atoms with Gasteiger partial charge in [0, 0.05) is 22.3 Å². The molecule has 11 heteroatoms. The van der Waals surface area contributed by atoms with Crippen molar-refractivity contribution in [3.63, 3.8) is 0 Å². The number of carbonyl (C=O) groups is 2. The second-order valence-corrected chi connectivity index (χ2v) is 7.58. The summed E-state index contributed by atoms with van der Waals surface area (Å²) in [5, 5.41) is 11.9. The average Bonchev–Trinajstić information content (AvgIpc) is 3.34. The number of hydrogen-bond acceptors (Lipinski definition) is 8. The van der Waals surface area contributed by atoms with Gasteiger partial charge in [0.15, 0.2) is 11.7 Å². The Morgan fingerprint density at radius 3 is 2.97 bits per heavy atom. The van der Waals surface area contributed by atoms with Crippen molar-refractivity contribution < 1.29 is 14.3 Å². The molecule has 30 heavy (non-hydrogen) atoms. The molecular formula is C19H15N7O3S. The van der Waals surface area contributed by atoms with E-state index in [-0.39, 0.29) is 18.3 Å². The molecule has 4 aromatic rings. The molecule has 0 saturated heterocycles. The number of aryl methyl sites for hydroxylation is 2. The standard InChI is InChI=1S/C19H15N7O3S/c1-9-5-10(2)26-18(20-9)23-16(25-26)17(28)24-19-22-13(8-30-19)11-3-4-14-12(6-11)21-15(27)7-29-14/h3-6,8H,7H2,1-2H3,(H,21,27)(H,22,24,28). The highest BCUT2D eigenvalue weighted by molar-refractivity contribution is 7.14. The van der Waals surface area contributed by atoms with Gasteiger partial charge >= 0.3 is 0 Å². The molecule has 0 spiro atoms. The first kappa shape index (κ1) is 18.2. The van der Waals surface area contributed by atoms with E-state index in [0.717, 1.165) is 17.0 Å². The first-order valence-electron chi connectivity index (χ1n) is 9.01. The van der Waals surface area contributed by atoms with Gasteiger partial charge in [-0.15, -0.1) is 16.4 Å². The van der Waals surface area contributed by atoms with Crippen molar-refractivity contribution in [2.45, 2.75) is 13.8 Å². The Morgan fingerprint density at radius 1 is 1.23 bits per heavy atom. The summed E-state index contributed by atoms with van der Waals surface area (Å²) in [6.45, 7) is 3.74. The molecule has 0 radical (unpaired) electrons. The predicted octanol–water partition coefficient (Wildman–Crippen LogP) is 2.45. The van der Waals surface area contributed by atoms with Gasteiger partial charge in [-0.2, -0.15) is 4.98 Å². The van der Waals surface area contributed by atoms with E-state index >= 15 is 0 Å². The van der Waals surface area contributed by atoms with E-state index in [4.69, 9.17) is 4.74 Å². The lowest BCUT2D eigenvalue weighted by atomic mass is 10.1. The summed E-state index contributed by atoms with van der Waals surface area (Å²) >= 11 is 1.28. The highest BCUT2D eigenvalue weighted by Crippen LogP contribution is 2.33. The van der Waals surface area contributed by atoms with Crippen LogP contribution in [0.3, 0.4) is 0 Å². The molecular weight excluding hydrogens is 406 g/mol. The van der Waals surface area contributed by atoms with Crippen molar-refractivity contribution in [3.05, 3.63) is 46.9 Å². The number of aromatic nitrogens is 5. The van der Waals surface area contributed by atoms with Crippen LogP contribution in [0.5, 0.6) is 5.75 Å². The molecule has 3 aromatic heterocycles. The van der Waals surface area contributed by atoms with E-state index < -0.39 is 5.91 Å². The van der Waals surface area contributed by atoms with E-state index in [1.165, 1.54) is 15.9 Å². The van der Waals surface area contributed by atoms with Gasteiger partial charge < -0.3 is 10.1 Å². The monoisotopic (exact) mass is 421 g/mol. The first-order valence-corrected chi connectivity index (χ1v) is 9.89. The molecule has 0 aliphatic carbocycles. The number of fused-ring (bicyclic) bond motifs is 2. The lowest BCUT2D eigenvalue weighted by molar-refractivity contribution is -0.118. The molecule has 4 heterocycles. The van der Waals surface area contributed by atoms with Crippen LogP contribution in [0.1, 0.15) is 22.0 Å². The maximum absolute atomic E-state index is 12.6. The molecule has 0 saturated carbocycles. The molecule has 2 N–H and O–H groups in total. The second kappa shape index (κ2) is 6.88. The molecule has 1 aliphatic heterocycles. The van der Waals surface area contributed by atoms with E-state index in [1.54, 1.807) is 12.1 Å². The summed E-state index contributed by atoms with van der Waals surface area (Å²) < 4.78 is 6.89. The number of hydrogen-bond donors (Lipinski definition) is 2. The summed E-state index contributed by atoms with van der Waals surface area (Å²) in [5.41, 5.74) is 3.68. The molecule has 0 unspecified atom stereocenters. The normalized spacial score (nSPS) is 12.9. The topological polar surface area (TPSA) is 123 Å². The highest BCUT2D eigenvalue weighted by atomic mass is 32.1. The van der Waals surface area contributed by atoms with Gasteiger partial charge in [-0.3, -0.25) is 14.9 Å². The Hall–Kier alpha value is -3.86. The maximum Gasteiger partial charge on any atom is 0.297 e. The van der Waals surface area contributed by atoms with Crippen molar-refractivity contribution in [1.29, 1.82) is 0 Å². The molecule has 10 nitrogen and oxygen atoms in total. The van der Waals surface area contributed by atoms with Gasteiger partial charge in [0.2, 0.25) is 5.82 Å². The number of anilines is 2. The fourth-order valence-electron chi connectivity index (χ4n) is 3.12. The molecule has 0 atom stereocenters. The number of nitrogens with one attached hydrogen (secondary N) is 2. The highest BCUT2D eigenvalue weighted by Gasteiger charge is 2.19. The van der Waals surface area contributed by atoms with Crippen molar-refractivity contribution in [1.82, 2.24) is 24.6 Å². The van der Waals surface area contributed by atoms with Crippen molar-refractivity contribution in [2.75, 3.05) is 17.2 Å². The van der Waals surface area contributed by atoms with Crippen molar-refractivity contribution in [2.24, 2.45) is 0 Å². The van der Waals surface area contributed by atoms with Crippen molar-refractivity contribution >= 4 is 39.7 Å². The Kier molecular flexibility index (Phi) is 4.17. The Labute approximate surface area is 174 Å². The summed E-state index contributed by atoms with van der Waals surface area (Å²) in [6, 6.07) is 7.27. The molecule has 2 amide bonds. The van der Waals surface area contributed by atoms with Crippen LogP contribution in [0.25, 0.3) is 17.0 Å². The third-order valence-corrected chi connectivity index (χ3v) is 5.21. The summed E-state index contributed by atoms with van der Waals surface area (Å²) in [6.07, 6.45) is 0. The zero-order valence-corrected chi connectivity index (χ0v) is 16.8. The lowest BCUT2D eigenvalue weighted by Crippen LogP contribution is -2.25. The van der Waals surface area contributed by atoms with Gasteiger partial charge in [0.05, 0.1) is 11.4 Å². The molecule has 5 rings (SSSR count). The molecule has 1 aromatic carbocycles. The van der Waals surface area contributed by atoms with Gasteiger partial charge in [0.1, 0.15) is 5.75 Å². The van der Waals surface area contributed by atoms with E-state index in [1.807, 2.05) is 31.4 Å². The van der Waals surface area contributed by atoms with Crippen LogP contribution in [0.15, 0.2) is 29.6 Å². The predicted molar refractivity (Wildman–Crippen MR) is 110 cm³/mol. The van der Waals surface area contributed by atoms with E-state index in [9.17, 15) is 9.59 Å². The zero-order chi connectivity index (χ0) is 20.8. The summed E-state index contributed by atoms with van der Waals surface area (Å²) in [7, 11) is 0. The Bertz CT molecular complexity index is 1330. The molecule has 1 aliphatic rings. The molecule has 0 bridgehead atoms. The van der Waals surface area contributed by atoms with E-state index in [2.05, 4.69) is 30.7 Å². The molecule has 150 valence electrons. The SMILES string of the molecule is Cc1cc(C)n2nc(C(=O)Nc3nc(-c4ccc5c(c4)NC(=O)CO5)cs3)nc2n1. The van der Waals surface area contributed by atoms with Crippen LogP contribution in [0.4, 0.5) is 10.8 Å². The van der Waals surface area contributed by atoms with E-state index in [0.29, 0.717) is 28.0 Å². The largest absolute Gasteiger partial charge is 0.482 e. The van der Waals surface area contributed by atoms with Crippen LogP contribution in [-0.2, 0) is 4.79 Å². The Balaban J connectivity index is 1.37. The van der Waals surface area contributed by atoms with Crippen LogP contribution >= 0.6 is 11.3 Å². The third kappa shape index (κ3) is 3.24. The average molecular weight is 421 g/mol. The van der Waals surface area contributed by atoms with Crippen LogP contribution in [-0.4, -0.2) is 43.0 Å². The fraction of sp³-hybridized carbons (Fsp3) is 0.158. The quantitative estimate of drug-likeness (QED) is 0.521. The summed E-state index contributed by atoms with van der Waals surface area (Å²) in [4.78, 5) is 37.0.